The van der Waals surface area contributed by atoms with E-state index in [1.165, 1.54) is 17.8 Å². The first-order chi connectivity index (χ1) is 14.5. The van der Waals surface area contributed by atoms with Gasteiger partial charge in [-0.15, -0.1) is 11.8 Å². The number of nitrogens with zero attached hydrogens (tertiary/aromatic N) is 2. The number of hydrogen-bond donors (Lipinski definition) is 0. The Morgan fingerprint density at radius 3 is 2.70 bits per heavy atom. The lowest BCUT2D eigenvalue weighted by molar-refractivity contribution is -0.141. The van der Waals surface area contributed by atoms with Crippen LogP contribution in [0.5, 0.6) is 5.75 Å². The fourth-order valence-corrected chi connectivity index (χ4v) is 5.73. The maximum atomic E-state index is 13.8. The second-order valence-corrected chi connectivity index (χ2v) is 9.07. The van der Waals surface area contributed by atoms with Gasteiger partial charge < -0.3 is 14.5 Å². The number of anilines is 1. The van der Waals surface area contributed by atoms with Crippen molar-refractivity contribution in [2.24, 2.45) is 5.92 Å². The van der Waals surface area contributed by atoms with Gasteiger partial charge in [-0.3, -0.25) is 9.59 Å². The van der Waals surface area contributed by atoms with Gasteiger partial charge in [-0.25, -0.2) is 8.78 Å². The number of ether oxygens (including phenoxy) is 1. The summed E-state index contributed by atoms with van der Waals surface area (Å²) in [5, 5.41) is 0. The molecule has 2 aromatic carbocycles. The fraction of sp³-hybridized carbons (Fsp3) is 0.364. The zero-order valence-electron chi connectivity index (χ0n) is 16.4. The van der Waals surface area contributed by atoms with Crippen LogP contribution in [0.3, 0.4) is 0 Å². The second-order valence-electron chi connectivity index (χ2n) is 7.78. The summed E-state index contributed by atoms with van der Waals surface area (Å²) in [7, 11) is 1.55. The van der Waals surface area contributed by atoms with Crippen molar-refractivity contribution in [2.75, 3.05) is 24.3 Å². The van der Waals surface area contributed by atoms with Crippen LogP contribution in [-0.2, 0) is 21.0 Å². The van der Waals surface area contributed by atoms with Gasteiger partial charge in [0.05, 0.1) is 19.3 Å². The van der Waals surface area contributed by atoms with Crippen LogP contribution in [0.25, 0.3) is 0 Å². The molecule has 2 aromatic rings. The average molecular weight is 430 g/mol. The third-order valence-corrected chi connectivity index (χ3v) is 7.34. The van der Waals surface area contributed by atoms with E-state index in [0.717, 1.165) is 25.0 Å². The Kier molecular flexibility index (Phi) is 4.50. The predicted octanol–water partition coefficient (Wildman–Crippen LogP) is 3.66. The van der Waals surface area contributed by atoms with E-state index in [2.05, 4.69) is 0 Å². The van der Waals surface area contributed by atoms with Gasteiger partial charge in [-0.2, -0.15) is 0 Å². The number of thioether (sulfide) groups is 1. The molecule has 156 valence electrons. The molecular formula is C22H20F2N2O3S. The maximum absolute atomic E-state index is 13.8. The van der Waals surface area contributed by atoms with Crippen LogP contribution >= 0.6 is 11.8 Å². The summed E-state index contributed by atoms with van der Waals surface area (Å²) in [4.78, 5) is 29.0. The minimum absolute atomic E-state index is 0.0109. The molecule has 1 spiro atoms. The predicted molar refractivity (Wildman–Crippen MR) is 109 cm³/mol. The van der Waals surface area contributed by atoms with E-state index in [0.29, 0.717) is 34.9 Å². The molecule has 0 bridgehead atoms. The molecular weight excluding hydrogens is 410 g/mol. The highest BCUT2D eigenvalue weighted by atomic mass is 32.2. The molecule has 1 aliphatic carbocycles. The first-order valence-corrected chi connectivity index (χ1v) is 10.8. The molecule has 3 aliphatic rings. The Labute approximate surface area is 177 Å². The summed E-state index contributed by atoms with van der Waals surface area (Å²) in [5.41, 5.74) is 1.85. The number of amides is 2. The molecule has 1 saturated carbocycles. The second kappa shape index (κ2) is 6.97. The Morgan fingerprint density at radius 1 is 1.20 bits per heavy atom. The number of hydrogen-bond acceptors (Lipinski definition) is 4. The van der Waals surface area contributed by atoms with Crippen molar-refractivity contribution in [1.82, 2.24) is 4.90 Å². The van der Waals surface area contributed by atoms with E-state index >= 15 is 0 Å². The van der Waals surface area contributed by atoms with Crippen molar-refractivity contribution >= 4 is 29.3 Å². The largest absolute Gasteiger partial charge is 0.497 e. The van der Waals surface area contributed by atoms with E-state index in [-0.39, 0.29) is 24.3 Å². The van der Waals surface area contributed by atoms with E-state index in [9.17, 15) is 18.4 Å². The number of rotatable bonds is 4. The number of fused-ring (bicyclic) bond motifs is 2. The summed E-state index contributed by atoms with van der Waals surface area (Å²) in [6.45, 7) is 0.588. The van der Waals surface area contributed by atoms with Crippen molar-refractivity contribution in [2.45, 2.75) is 24.3 Å². The van der Waals surface area contributed by atoms with E-state index in [1.807, 2.05) is 6.07 Å². The van der Waals surface area contributed by atoms with Gasteiger partial charge >= 0.3 is 0 Å². The highest BCUT2D eigenvalue weighted by Gasteiger charge is 2.60. The normalized spacial score (nSPS) is 22.7. The van der Waals surface area contributed by atoms with Crippen LogP contribution in [-0.4, -0.2) is 36.1 Å². The highest BCUT2D eigenvalue weighted by Crippen LogP contribution is 2.56. The van der Waals surface area contributed by atoms with Crippen molar-refractivity contribution in [3.63, 3.8) is 0 Å². The Morgan fingerprint density at radius 2 is 2.00 bits per heavy atom. The minimum Gasteiger partial charge on any atom is -0.497 e. The lowest BCUT2D eigenvalue weighted by Gasteiger charge is -2.33. The standard InChI is InChI=1S/C22H20F2N2O3S/c1-29-15-5-7-19-16(11-15)22(26(8-9-30-22)20(27)14-3-4-14)21(28)25(19)12-13-2-6-17(23)18(24)10-13/h2,5-7,10-11,14H,3-4,8-9,12H2,1H3. The van der Waals surface area contributed by atoms with Crippen molar-refractivity contribution in [3.05, 3.63) is 59.2 Å². The van der Waals surface area contributed by atoms with Gasteiger partial charge in [0.25, 0.3) is 5.91 Å². The molecule has 8 heteroatoms. The van der Waals surface area contributed by atoms with Gasteiger partial charge in [-0.1, -0.05) is 6.07 Å². The molecule has 2 aliphatic heterocycles. The molecule has 2 fully saturated rings. The summed E-state index contributed by atoms with van der Waals surface area (Å²) >= 11 is 1.45. The number of halogens is 2. The number of benzene rings is 2. The molecule has 2 amide bonds. The molecule has 0 N–H and O–H groups in total. The lowest BCUT2D eigenvalue weighted by atomic mass is 10.0. The van der Waals surface area contributed by atoms with Crippen molar-refractivity contribution in [1.29, 1.82) is 0 Å². The van der Waals surface area contributed by atoms with Crippen molar-refractivity contribution < 1.29 is 23.1 Å². The van der Waals surface area contributed by atoms with Crippen LogP contribution in [0.15, 0.2) is 36.4 Å². The summed E-state index contributed by atoms with van der Waals surface area (Å²) in [5.74, 6) is -0.863. The molecule has 1 atom stereocenters. The Balaban J connectivity index is 1.60. The first kappa shape index (κ1) is 19.4. The smallest absolute Gasteiger partial charge is 0.268 e. The molecule has 1 saturated heterocycles. The van der Waals surface area contributed by atoms with Gasteiger partial charge in [0.15, 0.2) is 16.5 Å². The third-order valence-electron chi connectivity index (χ3n) is 5.92. The van der Waals surface area contributed by atoms with Gasteiger partial charge in [0.2, 0.25) is 5.91 Å². The molecule has 0 aromatic heterocycles. The van der Waals surface area contributed by atoms with Crippen LogP contribution < -0.4 is 9.64 Å². The Hall–Kier alpha value is -2.61. The van der Waals surface area contributed by atoms with E-state index in [4.69, 9.17) is 4.74 Å². The summed E-state index contributed by atoms with van der Waals surface area (Å²) in [6.07, 6.45) is 1.71. The van der Waals surface area contributed by atoms with Gasteiger partial charge in [-0.05, 0) is 48.7 Å². The van der Waals surface area contributed by atoms with Gasteiger partial charge in [0, 0.05) is 23.8 Å². The summed E-state index contributed by atoms with van der Waals surface area (Å²) < 4.78 is 32.5. The highest BCUT2D eigenvalue weighted by molar-refractivity contribution is 8.01. The molecule has 0 radical (unpaired) electrons. The van der Waals surface area contributed by atoms with Crippen LogP contribution in [0.4, 0.5) is 14.5 Å². The number of carbonyl (C=O) groups is 2. The SMILES string of the molecule is COc1ccc2c(c1)C1(SCCN1C(=O)C1CC1)C(=O)N2Cc1ccc(F)c(F)c1. The molecule has 2 heterocycles. The number of carbonyl (C=O) groups excluding carboxylic acids is 2. The van der Waals surface area contributed by atoms with Crippen LogP contribution in [0.2, 0.25) is 0 Å². The minimum atomic E-state index is -1.14. The average Bonchev–Trinajstić information content (AvgIpc) is 3.47. The van der Waals surface area contributed by atoms with Crippen LogP contribution in [0, 0.1) is 17.6 Å². The topological polar surface area (TPSA) is 49.9 Å². The zero-order valence-corrected chi connectivity index (χ0v) is 17.2. The molecule has 5 nitrogen and oxygen atoms in total. The first-order valence-electron chi connectivity index (χ1n) is 9.85. The molecule has 5 rings (SSSR count). The quantitative estimate of drug-likeness (QED) is 0.743. The van der Waals surface area contributed by atoms with E-state index < -0.39 is 16.5 Å². The molecule has 30 heavy (non-hydrogen) atoms. The zero-order chi connectivity index (χ0) is 21.0. The molecule has 1 unspecified atom stereocenters. The maximum Gasteiger partial charge on any atom is 0.268 e. The third kappa shape index (κ3) is 2.80. The fourth-order valence-electron chi connectivity index (χ4n) is 4.27. The monoisotopic (exact) mass is 430 g/mol. The van der Waals surface area contributed by atoms with Crippen LogP contribution in [0.1, 0.15) is 24.0 Å². The van der Waals surface area contributed by atoms with E-state index in [1.54, 1.807) is 29.0 Å². The number of methoxy groups -OCH3 is 1. The Bertz CT molecular complexity index is 1060. The van der Waals surface area contributed by atoms with Crippen molar-refractivity contribution in [3.8, 4) is 5.75 Å². The summed E-state index contributed by atoms with van der Waals surface area (Å²) in [6, 6.07) is 8.99. The lowest BCUT2D eigenvalue weighted by Crippen LogP contribution is -2.50. The van der Waals surface area contributed by atoms with Gasteiger partial charge in [0.1, 0.15) is 5.75 Å².